The van der Waals surface area contributed by atoms with Crippen LogP contribution >= 0.6 is 0 Å². The number of hydrogen-bond acceptors (Lipinski definition) is 1. The Morgan fingerprint density at radius 1 is 1.14 bits per heavy atom. The molecule has 0 radical (unpaired) electrons. The molecule has 1 aliphatic carbocycles. The Morgan fingerprint density at radius 2 is 1.86 bits per heavy atom. The molecule has 2 unspecified atom stereocenters. The maximum atomic E-state index is 6.17. The van der Waals surface area contributed by atoms with Gasteiger partial charge < -0.3 is 4.74 Å². The molecule has 1 saturated carbocycles. The highest BCUT2D eigenvalue weighted by molar-refractivity contribution is 4.99. The Kier molecular flexibility index (Phi) is 2.96. The van der Waals surface area contributed by atoms with Crippen LogP contribution in [0.4, 0.5) is 0 Å². The molecule has 0 N–H and O–H groups in total. The molecule has 80 valence electrons. The van der Waals surface area contributed by atoms with Gasteiger partial charge in [0.1, 0.15) is 0 Å². The summed E-state index contributed by atoms with van der Waals surface area (Å²) >= 11 is 0. The van der Waals surface area contributed by atoms with Gasteiger partial charge in [0.25, 0.3) is 0 Å². The van der Waals surface area contributed by atoms with E-state index in [4.69, 9.17) is 4.74 Å². The predicted molar refractivity (Wildman–Crippen MR) is 59.2 cm³/mol. The number of rotatable bonds is 0. The van der Waals surface area contributed by atoms with Crippen molar-refractivity contribution in [1.29, 1.82) is 0 Å². The van der Waals surface area contributed by atoms with E-state index >= 15 is 0 Å². The SMILES string of the molecule is CC1CCCC(C)C12CCC=CCO2. The molecule has 1 heteroatoms. The Hall–Kier alpha value is -0.300. The molecule has 2 aliphatic rings. The van der Waals surface area contributed by atoms with Crippen LogP contribution in [0, 0.1) is 11.8 Å². The lowest BCUT2D eigenvalue weighted by Crippen LogP contribution is -2.47. The second-order valence-electron chi connectivity index (χ2n) is 5.01. The molecule has 1 fully saturated rings. The molecule has 0 amide bonds. The zero-order valence-corrected chi connectivity index (χ0v) is 9.46. The van der Waals surface area contributed by atoms with Gasteiger partial charge in [0.05, 0.1) is 12.2 Å². The standard InChI is InChI=1S/C13H22O/c1-11-7-6-8-12(2)13(11)9-4-3-5-10-14-13/h3,5,11-12H,4,6-10H2,1-2H3. The largest absolute Gasteiger partial charge is 0.370 e. The highest BCUT2D eigenvalue weighted by atomic mass is 16.5. The lowest BCUT2D eigenvalue weighted by atomic mass is 9.67. The Labute approximate surface area is 87.5 Å². The van der Waals surface area contributed by atoms with E-state index in [0.717, 1.165) is 18.4 Å². The van der Waals surface area contributed by atoms with Gasteiger partial charge in [-0.15, -0.1) is 0 Å². The summed E-state index contributed by atoms with van der Waals surface area (Å²) in [5, 5.41) is 0. The van der Waals surface area contributed by atoms with Gasteiger partial charge in [0.2, 0.25) is 0 Å². The summed E-state index contributed by atoms with van der Waals surface area (Å²) in [5.41, 5.74) is 0.196. The second-order valence-corrected chi connectivity index (χ2v) is 5.01. The van der Waals surface area contributed by atoms with Gasteiger partial charge in [0.15, 0.2) is 0 Å². The molecule has 0 aromatic rings. The van der Waals surface area contributed by atoms with Crippen LogP contribution in [0.5, 0.6) is 0 Å². The molecule has 1 heterocycles. The zero-order valence-electron chi connectivity index (χ0n) is 9.46. The van der Waals surface area contributed by atoms with Crippen molar-refractivity contribution >= 4 is 0 Å². The Morgan fingerprint density at radius 3 is 2.57 bits per heavy atom. The van der Waals surface area contributed by atoms with Gasteiger partial charge in [0, 0.05) is 0 Å². The first-order chi connectivity index (χ1) is 6.76. The first-order valence-electron chi connectivity index (χ1n) is 6.04. The highest BCUT2D eigenvalue weighted by Gasteiger charge is 2.43. The van der Waals surface area contributed by atoms with Crippen molar-refractivity contribution < 1.29 is 4.74 Å². The summed E-state index contributed by atoms with van der Waals surface area (Å²) in [6.45, 7) is 5.58. The minimum Gasteiger partial charge on any atom is -0.370 e. The van der Waals surface area contributed by atoms with Crippen LogP contribution in [0.15, 0.2) is 12.2 Å². The van der Waals surface area contributed by atoms with E-state index < -0.39 is 0 Å². The van der Waals surface area contributed by atoms with Crippen molar-refractivity contribution in [1.82, 2.24) is 0 Å². The van der Waals surface area contributed by atoms with Crippen LogP contribution in [-0.4, -0.2) is 12.2 Å². The van der Waals surface area contributed by atoms with Crippen LogP contribution in [0.2, 0.25) is 0 Å². The summed E-state index contributed by atoms with van der Waals surface area (Å²) in [7, 11) is 0. The van der Waals surface area contributed by atoms with E-state index in [1.165, 1.54) is 32.1 Å². The highest BCUT2D eigenvalue weighted by Crippen LogP contribution is 2.44. The van der Waals surface area contributed by atoms with Gasteiger partial charge in [-0.05, 0) is 37.5 Å². The maximum Gasteiger partial charge on any atom is 0.0740 e. The molecule has 0 aromatic heterocycles. The third-order valence-electron chi connectivity index (χ3n) is 4.26. The van der Waals surface area contributed by atoms with Crippen LogP contribution in [0.1, 0.15) is 46.0 Å². The van der Waals surface area contributed by atoms with E-state index in [-0.39, 0.29) is 5.60 Å². The summed E-state index contributed by atoms with van der Waals surface area (Å²) in [6.07, 6.45) is 11.0. The monoisotopic (exact) mass is 194 g/mol. The molecular formula is C13H22O. The van der Waals surface area contributed by atoms with Crippen molar-refractivity contribution in [2.75, 3.05) is 6.61 Å². The number of hydrogen-bond donors (Lipinski definition) is 0. The fourth-order valence-electron chi connectivity index (χ4n) is 3.25. The summed E-state index contributed by atoms with van der Waals surface area (Å²) in [5.74, 6) is 1.48. The normalized spacial score (nSPS) is 43.9. The summed E-state index contributed by atoms with van der Waals surface area (Å²) < 4.78 is 6.17. The molecule has 1 nitrogen and oxygen atoms in total. The topological polar surface area (TPSA) is 9.23 Å². The smallest absolute Gasteiger partial charge is 0.0740 e. The maximum absolute atomic E-state index is 6.17. The van der Waals surface area contributed by atoms with E-state index in [1.807, 2.05) is 0 Å². The molecule has 2 atom stereocenters. The van der Waals surface area contributed by atoms with E-state index in [2.05, 4.69) is 26.0 Å². The molecule has 2 rings (SSSR count). The summed E-state index contributed by atoms with van der Waals surface area (Å²) in [4.78, 5) is 0. The average Bonchev–Trinajstić information content (AvgIpc) is 2.41. The minimum atomic E-state index is 0.196. The van der Waals surface area contributed by atoms with Gasteiger partial charge in [-0.3, -0.25) is 0 Å². The number of allylic oxidation sites excluding steroid dienone is 1. The fraction of sp³-hybridized carbons (Fsp3) is 0.846. The molecule has 0 aromatic carbocycles. The Balaban J connectivity index is 2.16. The summed E-state index contributed by atoms with van der Waals surface area (Å²) in [6, 6.07) is 0. The van der Waals surface area contributed by atoms with Crippen molar-refractivity contribution in [3.8, 4) is 0 Å². The average molecular weight is 194 g/mol. The van der Waals surface area contributed by atoms with Gasteiger partial charge >= 0.3 is 0 Å². The Bertz CT molecular complexity index is 197. The quantitative estimate of drug-likeness (QED) is 0.536. The van der Waals surface area contributed by atoms with Crippen LogP contribution in [0.25, 0.3) is 0 Å². The van der Waals surface area contributed by atoms with Crippen molar-refractivity contribution in [3.05, 3.63) is 12.2 Å². The molecule has 1 aliphatic heterocycles. The lowest BCUT2D eigenvalue weighted by Gasteiger charge is -2.46. The first kappa shape index (κ1) is 10.2. The van der Waals surface area contributed by atoms with Gasteiger partial charge in [-0.25, -0.2) is 0 Å². The zero-order chi connectivity index (χ0) is 10.0. The molecule has 14 heavy (non-hydrogen) atoms. The van der Waals surface area contributed by atoms with Gasteiger partial charge in [-0.1, -0.05) is 32.4 Å². The van der Waals surface area contributed by atoms with Gasteiger partial charge in [-0.2, -0.15) is 0 Å². The fourth-order valence-corrected chi connectivity index (χ4v) is 3.25. The first-order valence-corrected chi connectivity index (χ1v) is 6.04. The van der Waals surface area contributed by atoms with Crippen LogP contribution in [-0.2, 0) is 4.74 Å². The predicted octanol–water partition coefficient (Wildman–Crippen LogP) is 3.55. The minimum absolute atomic E-state index is 0.196. The van der Waals surface area contributed by atoms with E-state index in [0.29, 0.717) is 0 Å². The van der Waals surface area contributed by atoms with Crippen LogP contribution < -0.4 is 0 Å². The molecular weight excluding hydrogens is 172 g/mol. The third kappa shape index (κ3) is 1.63. The lowest BCUT2D eigenvalue weighted by molar-refractivity contribution is -0.129. The van der Waals surface area contributed by atoms with Crippen molar-refractivity contribution in [2.24, 2.45) is 11.8 Å². The van der Waals surface area contributed by atoms with E-state index in [9.17, 15) is 0 Å². The molecule has 0 bridgehead atoms. The molecule has 0 saturated heterocycles. The third-order valence-corrected chi connectivity index (χ3v) is 4.26. The number of ether oxygens (including phenoxy) is 1. The van der Waals surface area contributed by atoms with Crippen molar-refractivity contribution in [2.45, 2.75) is 51.6 Å². The van der Waals surface area contributed by atoms with Crippen molar-refractivity contribution in [3.63, 3.8) is 0 Å². The molecule has 1 spiro atoms. The van der Waals surface area contributed by atoms with E-state index in [1.54, 1.807) is 0 Å². The second kappa shape index (κ2) is 4.06. The van der Waals surface area contributed by atoms with Crippen LogP contribution in [0.3, 0.4) is 0 Å².